The number of rotatable bonds is 8. The lowest BCUT2D eigenvalue weighted by Gasteiger charge is -2.19. The molecule has 1 heterocycles. The molecule has 1 aromatic heterocycles. The van der Waals surface area contributed by atoms with Gasteiger partial charge in [0.05, 0.1) is 0 Å². The highest BCUT2D eigenvalue weighted by molar-refractivity contribution is 7.11. The fourth-order valence-electron chi connectivity index (χ4n) is 1.81. The molecular weight excluding hydrogens is 252 g/mol. The molecule has 19 heavy (non-hydrogen) atoms. The maximum Gasteiger partial charge on any atom is 0.0324 e. The van der Waals surface area contributed by atoms with Crippen molar-refractivity contribution in [3.05, 3.63) is 34.5 Å². The standard InChI is InChI=1S/C16H28N2S/c1-6-7-8-11-18(5)13-15-10-9-14(19-15)12-17-16(2,3)4/h6,9-10,17H,1,7-8,11-13H2,2-5H3. The van der Waals surface area contributed by atoms with E-state index >= 15 is 0 Å². The molecule has 0 saturated carbocycles. The van der Waals surface area contributed by atoms with Crippen LogP contribution in [0.25, 0.3) is 0 Å². The van der Waals surface area contributed by atoms with Gasteiger partial charge in [-0.3, -0.25) is 0 Å². The summed E-state index contributed by atoms with van der Waals surface area (Å²) in [7, 11) is 2.19. The molecule has 0 aliphatic carbocycles. The summed E-state index contributed by atoms with van der Waals surface area (Å²) in [5.74, 6) is 0. The van der Waals surface area contributed by atoms with Crippen molar-refractivity contribution in [1.82, 2.24) is 10.2 Å². The van der Waals surface area contributed by atoms with Gasteiger partial charge in [-0.15, -0.1) is 17.9 Å². The minimum atomic E-state index is 0.186. The molecular formula is C16H28N2S. The zero-order valence-corrected chi connectivity index (χ0v) is 13.6. The van der Waals surface area contributed by atoms with Crippen molar-refractivity contribution in [2.45, 2.75) is 52.2 Å². The fraction of sp³-hybridized carbons (Fsp3) is 0.625. The Balaban J connectivity index is 2.35. The Kier molecular flexibility index (Phi) is 6.76. The molecule has 0 unspecified atom stereocenters. The Morgan fingerprint density at radius 2 is 2.00 bits per heavy atom. The summed E-state index contributed by atoms with van der Waals surface area (Å²) >= 11 is 1.92. The highest BCUT2D eigenvalue weighted by Gasteiger charge is 2.10. The number of hydrogen-bond donors (Lipinski definition) is 1. The monoisotopic (exact) mass is 280 g/mol. The third-order valence-corrected chi connectivity index (χ3v) is 3.95. The van der Waals surface area contributed by atoms with Crippen molar-refractivity contribution >= 4 is 11.3 Å². The van der Waals surface area contributed by atoms with Crippen molar-refractivity contribution in [3.63, 3.8) is 0 Å². The number of nitrogens with one attached hydrogen (secondary N) is 1. The van der Waals surface area contributed by atoms with Crippen LogP contribution in [0.2, 0.25) is 0 Å². The Hall–Kier alpha value is -0.640. The summed E-state index contributed by atoms with van der Waals surface area (Å²) in [5.41, 5.74) is 0.186. The van der Waals surface area contributed by atoms with Crippen LogP contribution < -0.4 is 5.32 Å². The zero-order chi connectivity index (χ0) is 14.3. The fourth-order valence-corrected chi connectivity index (χ4v) is 2.84. The van der Waals surface area contributed by atoms with Gasteiger partial charge in [-0.05, 0) is 59.3 Å². The molecule has 1 aromatic rings. The second-order valence-electron chi connectivity index (χ2n) is 6.14. The first kappa shape index (κ1) is 16.4. The topological polar surface area (TPSA) is 15.3 Å². The number of thiophene rings is 1. The number of allylic oxidation sites excluding steroid dienone is 1. The molecule has 0 radical (unpaired) electrons. The van der Waals surface area contributed by atoms with E-state index in [0.717, 1.165) is 26.1 Å². The molecule has 1 N–H and O–H groups in total. The smallest absolute Gasteiger partial charge is 0.0324 e. The van der Waals surface area contributed by atoms with Crippen LogP contribution >= 0.6 is 11.3 Å². The molecule has 0 saturated heterocycles. The van der Waals surface area contributed by atoms with Gasteiger partial charge in [-0.1, -0.05) is 6.08 Å². The Morgan fingerprint density at radius 1 is 1.32 bits per heavy atom. The highest BCUT2D eigenvalue weighted by Crippen LogP contribution is 2.18. The normalized spacial score (nSPS) is 12.1. The van der Waals surface area contributed by atoms with Crippen LogP contribution in [0.3, 0.4) is 0 Å². The molecule has 0 fully saturated rings. The maximum absolute atomic E-state index is 3.76. The summed E-state index contributed by atoms with van der Waals surface area (Å²) < 4.78 is 0. The first-order chi connectivity index (χ1) is 8.90. The van der Waals surface area contributed by atoms with Gasteiger partial charge in [0.25, 0.3) is 0 Å². The second-order valence-corrected chi connectivity index (χ2v) is 7.39. The molecule has 0 atom stereocenters. The predicted octanol–water partition coefficient (Wildman–Crippen LogP) is 4.03. The molecule has 0 bridgehead atoms. The Bertz CT molecular complexity index is 376. The van der Waals surface area contributed by atoms with Crippen LogP contribution in [-0.2, 0) is 13.1 Å². The minimum Gasteiger partial charge on any atom is -0.307 e. The summed E-state index contributed by atoms with van der Waals surface area (Å²) in [6.07, 6.45) is 4.30. The second kappa shape index (κ2) is 7.83. The number of hydrogen-bond acceptors (Lipinski definition) is 3. The van der Waals surface area contributed by atoms with E-state index in [1.54, 1.807) is 0 Å². The SMILES string of the molecule is C=CCCCN(C)Cc1ccc(CNC(C)(C)C)s1. The van der Waals surface area contributed by atoms with Gasteiger partial charge in [0, 0.05) is 28.4 Å². The van der Waals surface area contributed by atoms with Crippen LogP contribution in [0.1, 0.15) is 43.4 Å². The third kappa shape index (κ3) is 7.51. The molecule has 2 nitrogen and oxygen atoms in total. The van der Waals surface area contributed by atoms with Gasteiger partial charge in [-0.2, -0.15) is 0 Å². The van der Waals surface area contributed by atoms with Gasteiger partial charge < -0.3 is 10.2 Å². The van der Waals surface area contributed by atoms with Crippen molar-refractivity contribution in [1.29, 1.82) is 0 Å². The van der Waals surface area contributed by atoms with Gasteiger partial charge in [0.1, 0.15) is 0 Å². The quantitative estimate of drug-likeness (QED) is 0.571. The van der Waals surface area contributed by atoms with Crippen LogP contribution in [0.15, 0.2) is 24.8 Å². The first-order valence-corrected chi connectivity index (χ1v) is 7.84. The lowest BCUT2D eigenvalue weighted by Crippen LogP contribution is -2.34. The number of unbranched alkanes of at least 4 members (excludes halogenated alkanes) is 1. The molecule has 0 spiro atoms. The average Bonchev–Trinajstić information content (AvgIpc) is 2.73. The van der Waals surface area contributed by atoms with E-state index in [0.29, 0.717) is 0 Å². The lowest BCUT2D eigenvalue weighted by atomic mass is 10.1. The van der Waals surface area contributed by atoms with Crippen molar-refractivity contribution in [3.8, 4) is 0 Å². The molecule has 3 heteroatoms. The lowest BCUT2D eigenvalue weighted by molar-refractivity contribution is 0.326. The third-order valence-electron chi connectivity index (χ3n) is 2.88. The number of nitrogens with zero attached hydrogens (tertiary/aromatic N) is 1. The van der Waals surface area contributed by atoms with E-state index in [1.807, 2.05) is 17.4 Å². The summed E-state index contributed by atoms with van der Waals surface area (Å²) in [4.78, 5) is 5.26. The average molecular weight is 280 g/mol. The molecule has 0 amide bonds. The van der Waals surface area contributed by atoms with Crippen LogP contribution in [-0.4, -0.2) is 24.0 Å². The van der Waals surface area contributed by atoms with Crippen molar-refractivity contribution in [2.75, 3.05) is 13.6 Å². The molecule has 0 aliphatic rings. The van der Waals surface area contributed by atoms with E-state index in [1.165, 1.54) is 16.2 Å². The van der Waals surface area contributed by atoms with Crippen molar-refractivity contribution in [2.24, 2.45) is 0 Å². The molecule has 0 aromatic carbocycles. The Morgan fingerprint density at radius 3 is 2.63 bits per heavy atom. The van der Waals surface area contributed by atoms with E-state index in [9.17, 15) is 0 Å². The van der Waals surface area contributed by atoms with Gasteiger partial charge in [0.2, 0.25) is 0 Å². The van der Waals surface area contributed by atoms with Gasteiger partial charge in [0.15, 0.2) is 0 Å². The largest absolute Gasteiger partial charge is 0.307 e. The summed E-state index contributed by atoms with van der Waals surface area (Å²) in [6, 6.07) is 4.50. The summed E-state index contributed by atoms with van der Waals surface area (Å²) in [6.45, 7) is 13.5. The zero-order valence-electron chi connectivity index (χ0n) is 12.8. The maximum atomic E-state index is 3.76. The van der Waals surface area contributed by atoms with Crippen LogP contribution in [0, 0.1) is 0 Å². The Labute approximate surface area is 122 Å². The van der Waals surface area contributed by atoms with E-state index in [2.05, 4.69) is 56.7 Å². The summed E-state index contributed by atoms with van der Waals surface area (Å²) in [5, 5.41) is 3.53. The van der Waals surface area contributed by atoms with E-state index < -0.39 is 0 Å². The predicted molar refractivity (Wildman–Crippen MR) is 86.7 cm³/mol. The first-order valence-electron chi connectivity index (χ1n) is 7.03. The van der Waals surface area contributed by atoms with Gasteiger partial charge in [-0.25, -0.2) is 0 Å². The van der Waals surface area contributed by atoms with Crippen molar-refractivity contribution < 1.29 is 0 Å². The van der Waals surface area contributed by atoms with Crippen LogP contribution in [0.5, 0.6) is 0 Å². The molecule has 0 aliphatic heterocycles. The van der Waals surface area contributed by atoms with Gasteiger partial charge >= 0.3 is 0 Å². The van der Waals surface area contributed by atoms with E-state index in [4.69, 9.17) is 0 Å². The van der Waals surface area contributed by atoms with Crippen LogP contribution in [0.4, 0.5) is 0 Å². The van der Waals surface area contributed by atoms with E-state index in [-0.39, 0.29) is 5.54 Å². The molecule has 1 rings (SSSR count). The highest BCUT2D eigenvalue weighted by atomic mass is 32.1. The minimum absolute atomic E-state index is 0.186. The molecule has 108 valence electrons.